The Kier molecular flexibility index (Phi) is 5.96. The lowest BCUT2D eigenvalue weighted by Crippen LogP contribution is -2.42. The van der Waals surface area contributed by atoms with Gasteiger partial charge in [-0.25, -0.2) is 0 Å². The van der Waals surface area contributed by atoms with Gasteiger partial charge in [0.15, 0.2) is 0 Å². The van der Waals surface area contributed by atoms with Crippen molar-refractivity contribution in [3.8, 4) is 22.5 Å². The van der Waals surface area contributed by atoms with Gasteiger partial charge in [0, 0.05) is 42.0 Å². The number of nitrogens with one attached hydrogen (secondary N) is 2. The summed E-state index contributed by atoms with van der Waals surface area (Å²) < 4.78 is 0. The zero-order chi connectivity index (χ0) is 20.8. The third-order valence-corrected chi connectivity index (χ3v) is 4.91. The first-order valence-electron chi connectivity index (χ1n) is 9.85. The van der Waals surface area contributed by atoms with Gasteiger partial charge in [0.25, 0.3) is 5.91 Å². The molecule has 0 unspecified atom stereocenters. The lowest BCUT2D eigenvalue weighted by atomic mass is 10.0. The molecule has 0 saturated heterocycles. The molecule has 0 radical (unpaired) electrons. The molecule has 6 nitrogen and oxygen atoms in total. The molecule has 0 saturated carbocycles. The van der Waals surface area contributed by atoms with Crippen LogP contribution in [0.3, 0.4) is 0 Å². The SMILES string of the molecule is NC[C@@H](Cc1ccccn1)NC(=O)c1ccccc1-c1cc(-c2ccccc2)[nH]n1. The predicted octanol–water partition coefficient (Wildman–Crippen LogP) is 3.44. The van der Waals surface area contributed by atoms with Crippen molar-refractivity contribution >= 4 is 5.91 Å². The van der Waals surface area contributed by atoms with Gasteiger partial charge in [0.05, 0.1) is 11.4 Å². The molecule has 0 aliphatic rings. The highest BCUT2D eigenvalue weighted by atomic mass is 16.1. The molecular formula is C24H23N5O. The smallest absolute Gasteiger partial charge is 0.252 e. The summed E-state index contributed by atoms with van der Waals surface area (Å²) >= 11 is 0. The van der Waals surface area contributed by atoms with Gasteiger partial charge in [-0.2, -0.15) is 5.10 Å². The molecule has 0 aliphatic carbocycles. The number of hydrogen-bond acceptors (Lipinski definition) is 4. The van der Waals surface area contributed by atoms with Crippen molar-refractivity contribution in [1.82, 2.24) is 20.5 Å². The van der Waals surface area contributed by atoms with E-state index < -0.39 is 0 Å². The van der Waals surface area contributed by atoms with Crippen LogP contribution >= 0.6 is 0 Å². The first kappa shape index (κ1) is 19.5. The van der Waals surface area contributed by atoms with Crippen molar-refractivity contribution in [2.45, 2.75) is 12.5 Å². The van der Waals surface area contributed by atoms with E-state index in [1.165, 1.54) is 0 Å². The molecule has 2 aromatic carbocycles. The van der Waals surface area contributed by atoms with Crippen LogP contribution in [-0.4, -0.2) is 33.7 Å². The fourth-order valence-corrected chi connectivity index (χ4v) is 3.36. The highest BCUT2D eigenvalue weighted by Crippen LogP contribution is 2.26. The van der Waals surface area contributed by atoms with E-state index in [2.05, 4.69) is 20.5 Å². The number of carbonyl (C=O) groups is 1. The summed E-state index contributed by atoms with van der Waals surface area (Å²) in [6.45, 7) is 0.324. The van der Waals surface area contributed by atoms with Crippen molar-refractivity contribution in [2.75, 3.05) is 6.54 Å². The lowest BCUT2D eigenvalue weighted by Gasteiger charge is -2.17. The van der Waals surface area contributed by atoms with Gasteiger partial charge >= 0.3 is 0 Å². The monoisotopic (exact) mass is 397 g/mol. The van der Waals surface area contributed by atoms with Crippen molar-refractivity contribution in [3.05, 3.63) is 96.3 Å². The molecule has 0 fully saturated rings. The number of amides is 1. The Morgan fingerprint density at radius 1 is 1.00 bits per heavy atom. The lowest BCUT2D eigenvalue weighted by molar-refractivity contribution is 0.0938. The Balaban J connectivity index is 1.56. The molecule has 1 atom stereocenters. The van der Waals surface area contributed by atoms with E-state index >= 15 is 0 Å². The fraction of sp³-hybridized carbons (Fsp3) is 0.125. The van der Waals surface area contributed by atoms with E-state index in [1.54, 1.807) is 12.3 Å². The van der Waals surface area contributed by atoms with E-state index in [-0.39, 0.29) is 11.9 Å². The molecule has 4 rings (SSSR count). The largest absolute Gasteiger partial charge is 0.348 e. The third-order valence-electron chi connectivity index (χ3n) is 4.91. The van der Waals surface area contributed by atoms with Crippen LogP contribution in [0.4, 0.5) is 0 Å². The number of pyridine rings is 1. The highest BCUT2D eigenvalue weighted by Gasteiger charge is 2.18. The molecule has 0 aliphatic heterocycles. The number of benzene rings is 2. The maximum atomic E-state index is 13.1. The zero-order valence-electron chi connectivity index (χ0n) is 16.5. The van der Waals surface area contributed by atoms with Gasteiger partial charge in [0.1, 0.15) is 0 Å². The summed E-state index contributed by atoms with van der Waals surface area (Å²) in [5.74, 6) is -0.179. The van der Waals surface area contributed by atoms with Crippen LogP contribution in [0.25, 0.3) is 22.5 Å². The van der Waals surface area contributed by atoms with Crippen molar-refractivity contribution < 1.29 is 4.79 Å². The maximum absolute atomic E-state index is 13.1. The average Bonchev–Trinajstić information content (AvgIpc) is 3.30. The van der Waals surface area contributed by atoms with Gasteiger partial charge in [-0.3, -0.25) is 14.9 Å². The summed E-state index contributed by atoms with van der Waals surface area (Å²) in [5, 5.41) is 10.5. The Hall–Kier alpha value is -3.77. The van der Waals surface area contributed by atoms with Crippen LogP contribution in [0.1, 0.15) is 16.1 Å². The molecule has 0 spiro atoms. The van der Waals surface area contributed by atoms with E-state index in [0.29, 0.717) is 24.2 Å². The second-order valence-corrected chi connectivity index (χ2v) is 7.01. The molecule has 30 heavy (non-hydrogen) atoms. The number of H-pyrrole nitrogens is 1. The van der Waals surface area contributed by atoms with Gasteiger partial charge in [-0.1, -0.05) is 54.6 Å². The van der Waals surface area contributed by atoms with E-state index in [1.807, 2.05) is 72.8 Å². The maximum Gasteiger partial charge on any atom is 0.252 e. The van der Waals surface area contributed by atoms with Crippen LogP contribution in [0.5, 0.6) is 0 Å². The normalized spacial score (nSPS) is 11.8. The molecule has 6 heteroatoms. The summed E-state index contributed by atoms with van der Waals surface area (Å²) in [6.07, 6.45) is 2.31. The molecule has 1 amide bonds. The Morgan fingerprint density at radius 3 is 2.53 bits per heavy atom. The van der Waals surface area contributed by atoms with Crippen molar-refractivity contribution in [2.24, 2.45) is 5.73 Å². The average molecular weight is 397 g/mol. The second kappa shape index (κ2) is 9.15. The highest BCUT2D eigenvalue weighted by molar-refractivity contribution is 6.00. The summed E-state index contributed by atoms with van der Waals surface area (Å²) in [6, 6.07) is 24.9. The van der Waals surface area contributed by atoms with Crippen LogP contribution in [0, 0.1) is 0 Å². The van der Waals surface area contributed by atoms with Crippen molar-refractivity contribution in [1.29, 1.82) is 0 Å². The molecule has 2 heterocycles. The van der Waals surface area contributed by atoms with E-state index in [0.717, 1.165) is 22.5 Å². The third kappa shape index (κ3) is 4.45. The zero-order valence-corrected chi connectivity index (χ0v) is 16.5. The van der Waals surface area contributed by atoms with Gasteiger partial charge < -0.3 is 11.1 Å². The topological polar surface area (TPSA) is 96.7 Å². The number of hydrogen-bond donors (Lipinski definition) is 3. The first-order chi connectivity index (χ1) is 14.7. The van der Waals surface area contributed by atoms with Gasteiger partial charge in [0.2, 0.25) is 0 Å². The number of aromatic amines is 1. The molecule has 2 aromatic heterocycles. The Morgan fingerprint density at radius 2 is 1.77 bits per heavy atom. The Bertz CT molecular complexity index is 1110. The van der Waals surface area contributed by atoms with Crippen LogP contribution in [-0.2, 0) is 6.42 Å². The minimum absolute atomic E-state index is 0.179. The Labute approximate surface area is 175 Å². The van der Waals surface area contributed by atoms with Crippen LogP contribution in [0.2, 0.25) is 0 Å². The molecule has 4 aromatic rings. The second-order valence-electron chi connectivity index (χ2n) is 7.01. The molecule has 4 N–H and O–H groups in total. The van der Waals surface area contributed by atoms with E-state index in [4.69, 9.17) is 5.73 Å². The van der Waals surface area contributed by atoms with E-state index in [9.17, 15) is 4.79 Å². The number of nitrogens with two attached hydrogens (primary N) is 1. The van der Waals surface area contributed by atoms with Gasteiger partial charge in [-0.15, -0.1) is 0 Å². The quantitative estimate of drug-likeness (QED) is 0.445. The number of carbonyl (C=O) groups excluding carboxylic acids is 1. The minimum Gasteiger partial charge on any atom is -0.348 e. The predicted molar refractivity (Wildman–Crippen MR) is 118 cm³/mol. The summed E-state index contributed by atoms with van der Waals surface area (Å²) in [5.41, 5.74) is 10.8. The molecular weight excluding hydrogens is 374 g/mol. The number of aromatic nitrogens is 3. The van der Waals surface area contributed by atoms with Crippen molar-refractivity contribution in [3.63, 3.8) is 0 Å². The first-order valence-corrected chi connectivity index (χ1v) is 9.85. The summed E-state index contributed by atoms with van der Waals surface area (Å²) in [4.78, 5) is 17.4. The van der Waals surface area contributed by atoms with Crippen LogP contribution < -0.4 is 11.1 Å². The minimum atomic E-state index is -0.209. The molecule has 0 bridgehead atoms. The fourth-order valence-electron chi connectivity index (χ4n) is 3.36. The standard InChI is InChI=1S/C24H23N5O/c25-16-19(14-18-10-6-7-13-26-18)27-24(30)21-12-5-4-11-20(21)23-15-22(28-29-23)17-8-2-1-3-9-17/h1-13,15,19H,14,16,25H2,(H,27,30)(H,28,29)/t19-/m1/s1. The summed E-state index contributed by atoms with van der Waals surface area (Å²) in [7, 11) is 0. The number of rotatable bonds is 7. The van der Waals surface area contributed by atoms with Crippen LogP contribution in [0.15, 0.2) is 85.1 Å². The molecule has 150 valence electrons. The number of nitrogens with zero attached hydrogens (tertiary/aromatic N) is 2. The van der Waals surface area contributed by atoms with Gasteiger partial charge in [-0.05, 0) is 29.8 Å².